The highest BCUT2D eigenvalue weighted by atomic mass is 79.9. The first kappa shape index (κ1) is 14.7. The molecule has 0 bridgehead atoms. The van der Waals surface area contributed by atoms with Gasteiger partial charge >= 0.3 is 0 Å². The second-order valence-electron chi connectivity index (χ2n) is 4.57. The van der Waals surface area contributed by atoms with E-state index in [1.165, 1.54) is 12.1 Å². The summed E-state index contributed by atoms with van der Waals surface area (Å²) >= 11 is 3.13. The Kier molecular flexibility index (Phi) is 4.23. The SMILES string of the molecule is COc1cc(C)c(C(=O)c2cccc(F)c2Br)cc1C. The minimum Gasteiger partial charge on any atom is -0.496 e. The number of halogens is 2. The Balaban J connectivity index is 2.54. The van der Waals surface area contributed by atoms with E-state index < -0.39 is 5.82 Å². The standard InChI is InChI=1S/C16H14BrFO2/c1-9-8-14(20-3)10(2)7-12(9)16(19)11-5-4-6-13(18)15(11)17/h4-8H,1-3H3. The van der Waals surface area contributed by atoms with Crippen LogP contribution in [-0.2, 0) is 0 Å². The van der Waals surface area contributed by atoms with E-state index in [0.29, 0.717) is 11.1 Å². The molecule has 2 aromatic rings. The zero-order chi connectivity index (χ0) is 14.9. The van der Waals surface area contributed by atoms with E-state index in [0.717, 1.165) is 16.9 Å². The molecule has 2 nitrogen and oxygen atoms in total. The number of hydrogen-bond acceptors (Lipinski definition) is 2. The molecule has 0 aliphatic rings. The number of aryl methyl sites for hydroxylation is 2. The first-order chi connectivity index (χ1) is 9.45. The number of carbonyl (C=O) groups is 1. The van der Waals surface area contributed by atoms with Crippen molar-refractivity contribution in [3.63, 3.8) is 0 Å². The molecule has 0 amide bonds. The van der Waals surface area contributed by atoms with Gasteiger partial charge in [0.05, 0.1) is 11.6 Å². The smallest absolute Gasteiger partial charge is 0.194 e. The van der Waals surface area contributed by atoms with Crippen LogP contribution in [0.5, 0.6) is 5.75 Å². The van der Waals surface area contributed by atoms with Crippen molar-refractivity contribution >= 4 is 21.7 Å². The molecule has 104 valence electrons. The molecular formula is C16H14BrFO2. The third kappa shape index (κ3) is 2.61. The fourth-order valence-electron chi connectivity index (χ4n) is 2.08. The predicted octanol–water partition coefficient (Wildman–Crippen LogP) is 4.44. The molecule has 0 heterocycles. The van der Waals surface area contributed by atoms with Crippen molar-refractivity contribution in [3.8, 4) is 5.75 Å². The van der Waals surface area contributed by atoms with Gasteiger partial charge in [0.15, 0.2) is 5.78 Å². The van der Waals surface area contributed by atoms with Crippen molar-refractivity contribution in [2.75, 3.05) is 7.11 Å². The Morgan fingerprint density at radius 2 is 1.85 bits per heavy atom. The van der Waals surface area contributed by atoms with Crippen LogP contribution in [0.1, 0.15) is 27.0 Å². The first-order valence-corrected chi connectivity index (χ1v) is 6.89. The summed E-state index contributed by atoms with van der Waals surface area (Å²) in [4.78, 5) is 12.6. The molecule has 2 rings (SSSR count). The van der Waals surface area contributed by atoms with Gasteiger partial charge in [-0.05, 0) is 65.2 Å². The van der Waals surface area contributed by atoms with E-state index >= 15 is 0 Å². The maximum atomic E-state index is 13.5. The van der Waals surface area contributed by atoms with Crippen molar-refractivity contribution in [1.29, 1.82) is 0 Å². The van der Waals surface area contributed by atoms with Gasteiger partial charge in [0.2, 0.25) is 0 Å². The molecule has 0 aliphatic heterocycles. The lowest BCUT2D eigenvalue weighted by molar-refractivity contribution is 0.103. The summed E-state index contributed by atoms with van der Waals surface area (Å²) in [6.07, 6.45) is 0. The molecule has 0 aliphatic carbocycles. The monoisotopic (exact) mass is 336 g/mol. The molecule has 0 saturated carbocycles. The van der Waals surface area contributed by atoms with Crippen molar-refractivity contribution < 1.29 is 13.9 Å². The van der Waals surface area contributed by atoms with E-state index in [-0.39, 0.29) is 10.3 Å². The van der Waals surface area contributed by atoms with Crippen LogP contribution in [0.4, 0.5) is 4.39 Å². The number of rotatable bonds is 3. The van der Waals surface area contributed by atoms with E-state index in [1.807, 2.05) is 19.9 Å². The summed E-state index contributed by atoms with van der Waals surface area (Å²) in [6, 6.07) is 8.03. The second-order valence-corrected chi connectivity index (χ2v) is 5.36. The van der Waals surface area contributed by atoms with E-state index in [1.54, 1.807) is 19.2 Å². The highest BCUT2D eigenvalue weighted by Gasteiger charge is 2.18. The lowest BCUT2D eigenvalue weighted by Gasteiger charge is -2.11. The Bertz CT molecular complexity index is 680. The average molecular weight is 337 g/mol. The predicted molar refractivity (Wildman–Crippen MR) is 80.0 cm³/mol. The van der Waals surface area contributed by atoms with Crippen molar-refractivity contribution in [2.24, 2.45) is 0 Å². The van der Waals surface area contributed by atoms with Crippen molar-refractivity contribution in [1.82, 2.24) is 0 Å². The van der Waals surface area contributed by atoms with Gasteiger partial charge in [0, 0.05) is 11.1 Å². The molecule has 0 unspecified atom stereocenters. The molecule has 0 saturated heterocycles. The second kappa shape index (κ2) is 5.75. The summed E-state index contributed by atoms with van der Waals surface area (Å²) in [6.45, 7) is 3.71. The van der Waals surface area contributed by atoms with Crippen LogP contribution >= 0.6 is 15.9 Å². The Morgan fingerprint density at radius 1 is 1.15 bits per heavy atom. The molecule has 0 fully saturated rings. The van der Waals surface area contributed by atoms with Gasteiger partial charge in [-0.2, -0.15) is 0 Å². The molecular weight excluding hydrogens is 323 g/mol. The Labute approximate surface area is 125 Å². The van der Waals surface area contributed by atoms with E-state index in [9.17, 15) is 9.18 Å². The molecule has 0 atom stereocenters. The number of benzene rings is 2. The van der Waals surface area contributed by atoms with Gasteiger partial charge in [-0.25, -0.2) is 4.39 Å². The minimum atomic E-state index is -0.446. The number of ether oxygens (including phenoxy) is 1. The van der Waals surface area contributed by atoms with Crippen LogP contribution in [-0.4, -0.2) is 12.9 Å². The Hall–Kier alpha value is -1.68. The minimum absolute atomic E-state index is 0.192. The van der Waals surface area contributed by atoms with E-state index in [2.05, 4.69) is 15.9 Å². The zero-order valence-corrected chi connectivity index (χ0v) is 13.0. The van der Waals surface area contributed by atoms with Crippen LogP contribution in [0, 0.1) is 19.7 Å². The van der Waals surface area contributed by atoms with Gasteiger partial charge < -0.3 is 4.74 Å². The lowest BCUT2D eigenvalue weighted by Crippen LogP contribution is -2.06. The van der Waals surface area contributed by atoms with Gasteiger partial charge in [-0.1, -0.05) is 6.07 Å². The van der Waals surface area contributed by atoms with Crippen LogP contribution in [0.15, 0.2) is 34.8 Å². The summed E-state index contributed by atoms with van der Waals surface area (Å²) in [7, 11) is 1.59. The normalized spacial score (nSPS) is 10.4. The molecule has 0 aromatic heterocycles. The van der Waals surface area contributed by atoms with Crippen LogP contribution < -0.4 is 4.74 Å². The summed E-state index contributed by atoms with van der Waals surface area (Å²) in [5.41, 5.74) is 2.54. The first-order valence-electron chi connectivity index (χ1n) is 6.09. The van der Waals surface area contributed by atoms with E-state index in [4.69, 9.17) is 4.74 Å². The highest BCUT2D eigenvalue weighted by Crippen LogP contribution is 2.27. The van der Waals surface area contributed by atoms with Gasteiger partial charge in [0.25, 0.3) is 0 Å². The molecule has 4 heteroatoms. The van der Waals surface area contributed by atoms with Crippen molar-refractivity contribution in [3.05, 3.63) is 62.9 Å². The van der Waals surface area contributed by atoms with Crippen LogP contribution in [0.2, 0.25) is 0 Å². The number of ketones is 1. The van der Waals surface area contributed by atoms with Gasteiger partial charge in [-0.3, -0.25) is 4.79 Å². The maximum Gasteiger partial charge on any atom is 0.194 e. The highest BCUT2D eigenvalue weighted by molar-refractivity contribution is 9.10. The Morgan fingerprint density at radius 3 is 2.50 bits per heavy atom. The van der Waals surface area contributed by atoms with Crippen LogP contribution in [0.25, 0.3) is 0 Å². The summed E-state index contributed by atoms with van der Waals surface area (Å²) < 4.78 is 19.0. The third-order valence-electron chi connectivity index (χ3n) is 3.18. The number of hydrogen-bond donors (Lipinski definition) is 0. The molecule has 20 heavy (non-hydrogen) atoms. The lowest BCUT2D eigenvalue weighted by atomic mass is 9.96. The summed E-state index contributed by atoms with van der Waals surface area (Å²) in [5, 5.41) is 0. The molecule has 0 spiro atoms. The number of methoxy groups -OCH3 is 1. The van der Waals surface area contributed by atoms with Gasteiger partial charge in [-0.15, -0.1) is 0 Å². The molecule has 0 N–H and O–H groups in total. The maximum absolute atomic E-state index is 13.5. The third-order valence-corrected chi connectivity index (χ3v) is 3.99. The quantitative estimate of drug-likeness (QED) is 0.774. The molecule has 2 aromatic carbocycles. The van der Waals surface area contributed by atoms with Gasteiger partial charge in [0.1, 0.15) is 11.6 Å². The summed E-state index contributed by atoms with van der Waals surface area (Å²) in [5.74, 6) is 0.0794. The zero-order valence-electron chi connectivity index (χ0n) is 11.5. The molecule has 0 radical (unpaired) electrons. The van der Waals surface area contributed by atoms with Crippen molar-refractivity contribution in [2.45, 2.75) is 13.8 Å². The van der Waals surface area contributed by atoms with Crippen LogP contribution in [0.3, 0.4) is 0 Å². The fourth-order valence-corrected chi connectivity index (χ4v) is 2.52. The largest absolute Gasteiger partial charge is 0.496 e. The topological polar surface area (TPSA) is 26.3 Å². The average Bonchev–Trinajstić information content (AvgIpc) is 2.43. The number of carbonyl (C=O) groups excluding carboxylic acids is 1. The fraction of sp³-hybridized carbons (Fsp3) is 0.188.